The standard InChI is InChI=1S/C30H36N10S2/c1-19(2)40(20(3)4)30-38-37-29(42-30)36-34-26-12-9-23(17-22(26)6)31-33-25-11-10-24(18-21(25)5)32-35-27-13-14-28(41-27)39-15-7-8-16-39/h9-14,17-20H,7-8,15-16H2,1-6H3. The third-order valence-corrected chi connectivity index (χ3v) is 8.73. The molecular formula is C30H36N10S2. The minimum Gasteiger partial charge on any atom is -0.363 e. The van der Waals surface area contributed by atoms with E-state index in [-0.39, 0.29) is 0 Å². The Labute approximate surface area is 255 Å². The normalized spacial score (nSPS) is 14.1. The van der Waals surface area contributed by atoms with Crippen molar-refractivity contribution in [2.45, 2.75) is 66.5 Å². The van der Waals surface area contributed by atoms with Crippen LogP contribution in [-0.4, -0.2) is 35.4 Å². The van der Waals surface area contributed by atoms with Gasteiger partial charge < -0.3 is 9.80 Å². The molecule has 1 fully saturated rings. The van der Waals surface area contributed by atoms with Gasteiger partial charge in [0, 0.05) is 25.2 Å². The maximum atomic E-state index is 4.47. The van der Waals surface area contributed by atoms with E-state index in [0.29, 0.717) is 17.2 Å². The number of rotatable bonds is 10. The van der Waals surface area contributed by atoms with Gasteiger partial charge in [0.25, 0.3) is 5.13 Å². The van der Waals surface area contributed by atoms with E-state index in [0.717, 1.165) is 57.1 Å². The van der Waals surface area contributed by atoms with Crippen molar-refractivity contribution in [2.75, 3.05) is 22.9 Å². The number of azo groups is 3. The van der Waals surface area contributed by atoms with Gasteiger partial charge in [0.1, 0.15) is 5.00 Å². The lowest BCUT2D eigenvalue weighted by Crippen LogP contribution is -2.36. The molecule has 0 N–H and O–H groups in total. The Kier molecular flexibility index (Phi) is 9.43. The lowest BCUT2D eigenvalue weighted by Gasteiger charge is -2.29. The van der Waals surface area contributed by atoms with E-state index >= 15 is 0 Å². The Morgan fingerprint density at radius 3 is 1.88 bits per heavy atom. The second-order valence-corrected chi connectivity index (χ2v) is 12.8. The van der Waals surface area contributed by atoms with Crippen molar-refractivity contribution in [3.63, 3.8) is 0 Å². The average molecular weight is 601 g/mol. The molecule has 0 atom stereocenters. The lowest BCUT2D eigenvalue weighted by atomic mass is 10.2. The predicted molar refractivity (Wildman–Crippen MR) is 173 cm³/mol. The Bertz CT molecular complexity index is 1590. The third kappa shape index (κ3) is 7.29. The molecule has 3 heterocycles. The molecule has 0 amide bonds. The van der Waals surface area contributed by atoms with E-state index in [1.54, 1.807) is 11.3 Å². The largest absolute Gasteiger partial charge is 0.363 e. The summed E-state index contributed by atoms with van der Waals surface area (Å²) in [5, 5.41) is 38.6. The van der Waals surface area contributed by atoms with Crippen molar-refractivity contribution in [3.8, 4) is 0 Å². The molecule has 0 radical (unpaired) electrons. The number of hydrogen-bond acceptors (Lipinski definition) is 12. The van der Waals surface area contributed by atoms with Crippen LogP contribution in [0.1, 0.15) is 51.7 Å². The first-order valence-electron chi connectivity index (χ1n) is 14.2. The first-order chi connectivity index (χ1) is 20.3. The van der Waals surface area contributed by atoms with Crippen LogP contribution in [-0.2, 0) is 0 Å². The minimum absolute atomic E-state index is 0.323. The van der Waals surface area contributed by atoms with Gasteiger partial charge >= 0.3 is 0 Å². The topological polar surface area (TPSA) is 106 Å². The number of aromatic nitrogens is 2. The van der Waals surface area contributed by atoms with Crippen LogP contribution in [0, 0.1) is 13.8 Å². The van der Waals surface area contributed by atoms with Gasteiger partial charge in [-0.05, 0) is 114 Å². The first kappa shape index (κ1) is 29.6. The summed E-state index contributed by atoms with van der Waals surface area (Å²) < 4.78 is 0. The van der Waals surface area contributed by atoms with Gasteiger partial charge in [0.2, 0.25) is 5.13 Å². The van der Waals surface area contributed by atoms with E-state index in [1.165, 1.54) is 29.2 Å². The summed E-state index contributed by atoms with van der Waals surface area (Å²) in [6.07, 6.45) is 2.52. The molecule has 42 heavy (non-hydrogen) atoms. The molecule has 10 nitrogen and oxygen atoms in total. The highest BCUT2D eigenvalue weighted by molar-refractivity contribution is 7.19. The fraction of sp³-hybridized carbons (Fsp3) is 0.400. The zero-order valence-electron chi connectivity index (χ0n) is 24.9. The number of anilines is 2. The van der Waals surface area contributed by atoms with Crippen LogP contribution in [0.5, 0.6) is 0 Å². The van der Waals surface area contributed by atoms with Crippen LogP contribution < -0.4 is 9.80 Å². The SMILES string of the molecule is Cc1cc(N=Nc2ccc(N3CCCC3)s2)ccc1N=Nc1ccc(N=Nc2nnc(N(C(C)C)C(C)C)s2)c(C)c1. The van der Waals surface area contributed by atoms with Gasteiger partial charge in [-0.25, -0.2) is 0 Å². The van der Waals surface area contributed by atoms with Gasteiger partial charge in [0.15, 0.2) is 0 Å². The van der Waals surface area contributed by atoms with E-state index in [1.807, 2.05) is 56.3 Å². The van der Waals surface area contributed by atoms with Crippen LogP contribution in [0.2, 0.25) is 0 Å². The van der Waals surface area contributed by atoms with E-state index < -0.39 is 0 Å². The third-order valence-electron chi connectivity index (χ3n) is 6.87. The summed E-state index contributed by atoms with van der Waals surface area (Å²) >= 11 is 3.12. The predicted octanol–water partition coefficient (Wildman–Crippen LogP) is 10.7. The molecule has 12 heteroatoms. The van der Waals surface area contributed by atoms with Crippen molar-refractivity contribution in [1.29, 1.82) is 0 Å². The summed E-state index contributed by atoms with van der Waals surface area (Å²) in [5.41, 5.74) is 4.98. The number of aryl methyl sites for hydroxylation is 2. The fourth-order valence-corrected chi connectivity index (χ4v) is 6.63. The summed E-state index contributed by atoms with van der Waals surface area (Å²) in [4.78, 5) is 4.63. The van der Waals surface area contributed by atoms with Crippen molar-refractivity contribution >= 4 is 65.7 Å². The number of hydrogen-bond donors (Lipinski definition) is 0. The van der Waals surface area contributed by atoms with Crippen molar-refractivity contribution in [1.82, 2.24) is 10.2 Å². The summed E-state index contributed by atoms with van der Waals surface area (Å²) in [5.74, 6) is 0. The molecule has 0 bridgehead atoms. The van der Waals surface area contributed by atoms with Crippen LogP contribution in [0.4, 0.5) is 43.0 Å². The Morgan fingerprint density at radius 1 is 0.690 bits per heavy atom. The maximum absolute atomic E-state index is 4.47. The minimum atomic E-state index is 0.323. The molecule has 0 unspecified atom stereocenters. The molecule has 1 aliphatic rings. The summed E-state index contributed by atoms with van der Waals surface area (Å²) in [6, 6.07) is 16.3. The monoisotopic (exact) mass is 600 g/mol. The van der Waals surface area contributed by atoms with Crippen LogP contribution in [0.15, 0.2) is 79.2 Å². The highest BCUT2D eigenvalue weighted by Crippen LogP contribution is 2.36. The van der Waals surface area contributed by atoms with E-state index in [2.05, 4.69) is 84.4 Å². The molecule has 4 aromatic rings. The molecule has 2 aromatic carbocycles. The van der Waals surface area contributed by atoms with Crippen molar-refractivity contribution in [2.24, 2.45) is 30.7 Å². The summed E-state index contributed by atoms with van der Waals surface area (Å²) in [6.45, 7) is 14.8. The lowest BCUT2D eigenvalue weighted by molar-refractivity contribution is 0.603. The molecule has 5 rings (SSSR count). The molecule has 0 saturated carbocycles. The number of thiophene rings is 1. The second kappa shape index (κ2) is 13.4. The molecule has 2 aromatic heterocycles. The van der Waals surface area contributed by atoms with E-state index in [4.69, 9.17) is 0 Å². The van der Waals surface area contributed by atoms with E-state index in [9.17, 15) is 0 Å². The van der Waals surface area contributed by atoms with Gasteiger partial charge in [0.05, 0.1) is 27.8 Å². The molecule has 1 aliphatic heterocycles. The number of nitrogens with zero attached hydrogens (tertiary/aromatic N) is 10. The van der Waals surface area contributed by atoms with Gasteiger partial charge in [-0.1, -0.05) is 22.7 Å². The molecule has 218 valence electrons. The average Bonchev–Trinajstić information content (AvgIpc) is 3.73. The summed E-state index contributed by atoms with van der Waals surface area (Å²) in [7, 11) is 0. The zero-order valence-corrected chi connectivity index (χ0v) is 26.5. The fourth-order valence-electron chi connectivity index (χ4n) is 4.81. The highest BCUT2D eigenvalue weighted by atomic mass is 32.1. The first-order valence-corrected chi connectivity index (χ1v) is 15.8. The smallest absolute Gasteiger partial charge is 0.253 e. The highest BCUT2D eigenvalue weighted by Gasteiger charge is 2.19. The molecule has 0 aliphatic carbocycles. The quantitative estimate of drug-likeness (QED) is 0.169. The van der Waals surface area contributed by atoms with Crippen LogP contribution >= 0.6 is 22.7 Å². The maximum Gasteiger partial charge on any atom is 0.253 e. The zero-order chi connectivity index (χ0) is 29.6. The molecular weight excluding hydrogens is 565 g/mol. The Balaban J connectivity index is 1.21. The van der Waals surface area contributed by atoms with Crippen molar-refractivity contribution < 1.29 is 0 Å². The van der Waals surface area contributed by atoms with Crippen LogP contribution in [0.3, 0.4) is 0 Å². The second-order valence-electron chi connectivity index (χ2n) is 10.8. The van der Waals surface area contributed by atoms with Gasteiger partial charge in [-0.2, -0.15) is 10.2 Å². The molecule has 1 saturated heterocycles. The van der Waals surface area contributed by atoms with Gasteiger partial charge in [-0.15, -0.1) is 30.7 Å². The number of benzene rings is 2. The Morgan fingerprint density at radius 2 is 1.29 bits per heavy atom. The molecule has 0 spiro atoms. The Hall–Kier alpha value is -3.90. The van der Waals surface area contributed by atoms with Crippen LogP contribution in [0.25, 0.3) is 0 Å². The van der Waals surface area contributed by atoms with Gasteiger partial charge in [-0.3, -0.25) is 0 Å². The van der Waals surface area contributed by atoms with Crippen molar-refractivity contribution in [3.05, 3.63) is 59.7 Å².